The molecule has 0 aliphatic carbocycles. The van der Waals surface area contributed by atoms with Gasteiger partial charge in [-0.3, -0.25) is 4.79 Å². The number of amides is 1. The molecule has 0 bridgehead atoms. The number of aromatic nitrogens is 2. The van der Waals surface area contributed by atoms with Crippen LogP contribution in [0.1, 0.15) is 23.5 Å². The normalized spacial score (nSPS) is 16.3. The zero-order valence-corrected chi connectivity index (χ0v) is 14.1. The maximum absolute atomic E-state index is 12.4. The molecule has 0 saturated carbocycles. The number of hydrogen-bond donors (Lipinski definition) is 1. The van der Waals surface area contributed by atoms with Gasteiger partial charge in [-0.2, -0.15) is 5.10 Å². The summed E-state index contributed by atoms with van der Waals surface area (Å²) in [5.41, 5.74) is 3.14. The van der Waals surface area contributed by atoms with E-state index in [1.165, 1.54) is 10.8 Å². The smallest absolute Gasteiger partial charge is 0.226 e. The van der Waals surface area contributed by atoms with Crippen molar-refractivity contribution < 1.29 is 4.79 Å². The molecule has 1 N–H and O–H groups in total. The lowest BCUT2D eigenvalue weighted by molar-refractivity contribution is -0.116. The largest absolute Gasteiger partial charge is 0.310 e. The molecule has 0 saturated heterocycles. The number of benzene rings is 3. The zero-order chi connectivity index (χ0) is 17.5. The molecule has 26 heavy (non-hydrogen) atoms. The summed E-state index contributed by atoms with van der Waals surface area (Å²) in [6, 6.07) is 24.6. The first-order chi connectivity index (χ1) is 12.8. The lowest BCUT2D eigenvalue weighted by Crippen LogP contribution is -2.24. The molecule has 2 heterocycles. The Labute approximate surface area is 151 Å². The molecule has 1 aliphatic rings. The van der Waals surface area contributed by atoms with Gasteiger partial charge in [0.05, 0.1) is 11.9 Å². The maximum atomic E-state index is 12.4. The third-order valence-corrected chi connectivity index (χ3v) is 5.00. The molecule has 3 aromatic carbocycles. The number of carbonyl (C=O) groups is 1. The number of hydrogen-bond acceptors (Lipinski definition) is 2. The first kappa shape index (κ1) is 14.9. The van der Waals surface area contributed by atoms with Crippen molar-refractivity contribution in [2.75, 3.05) is 5.32 Å². The van der Waals surface area contributed by atoms with Gasteiger partial charge in [0.15, 0.2) is 0 Å². The Morgan fingerprint density at radius 1 is 0.923 bits per heavy atom. The average molecular weight is 339 g/mol. The van der Waals surface area contributed by atoms with Crippen molar-refractivity contribution in [3.8, 4) is 5.69 Å². The van der Waals surface area contributed by atoms with Gasteiger partial charge in [-0.25, -0.2) is 4.68 Å². The van der Waals surface area contributed by atoms with Crippen molar-refractivity contribution in [1.29, 1.82) is 0 Å². The van der Waals surface area contributed by atoms with Crippen LogP contribution >= 0.6 is 0 Å². The third kappa shape index (κ3) is 2.39. The SMILES string of the molecule is O=C1C[C@H](c2ccc3ccccc3c2)c2cnn(-c3ccccc3)c2N1. The van der Waals surface area contributed by atoms with Crippen LogP contribution < -0.4 is 5.32 Å². The highest BCUT2D eigenvalue weighted by Gasteiger charge is 2.30. The Hall–Kier alpha value is -3.40. The summed E-state index contributed by atoms with van der Waals surface area (Å²) in [7, 11) is 0. The number of rotatable bonds is 2. The van der Waals surface area contributed by atoms with E-state index >= 15 is 0 Å². The second-order valence-corrected chi connectivity index (χ2v) is 6.61. The van der Waals surface area contributed by atoms with Crippen molar-refractivity contribution in [2.24, 2.45) is 0 Å². The lowest BCUT2D eigenvalue weighted by Gasteiger charge is -2.24. The predicted octanol–water partition coefficient (Wildman–Crippen LogP) is 4.50. The molecule has 4 heteroatoms. The monoisotopic (exact) mass is 339 g/mol. The van der Waals surface area contributed by atoms with Crippen molar-refractivity contribution in [3.05, 3.63) is 90.1 Å². The van der Waals surface area contributed by atoms with Gasteiger partial charge in [-0.05, 0) is 28.5 Å². The fourth-order valence-corrected chi connectivity index (χ4v) is 3.71. The second-order valence-electron chi connectivity index (χ2n) is 6.61. The standard InChI is InChI=1S/C22H17N3O/c26-21-13-19(17-11-10-15-6-4-5-7-16(15)12-17)20-14-23-25(22(20)24-21)18-8-2-1-3-9-18/h1-12,14,19H,13H2,(H,24,26)/t19-/m1/s1. The van der Waals surface area contributed by atoms with E-state index < -0.39 is 0 Å². The van der Waals surface area contributed by atoms with E-state index in [1.807, 2.05) is 48.7 Å². The van der Waals surface area contributed by atoms with E-state index in [4.69, 9.17) is 0 Å². The molecule has 0 radical (unpaired) electrons. The number of carbonyl (C=O) groups excluding carboxylic acids is 1. The van der Waals surface area contributed by atoms with E-state index in [9.17, 15) is 4.79 Å². The van der Waals surface area contributed by atoms with Gasteiger partial charge in [0.2, 0.25) is 5.91 Å². The van der Waals surface area contributed by atoms with E-state index in [0.29, 0.717) is 6.42 Å². The summed E-state index contributed by atoms with van der Waals surface area (Å²) >= 11 is 0. The van der Waals surface area contributed by atoms with Crippen molar-refractivity contribution in [1.82, 2.24) is 9.78 Å². The summed E-state index contributed by atoms with van der Waals surface area (Å²) < 4.78 is 1.81. The first-order valence-electron chi connectivity index (χ1n) is 8.71. The molecule has 4 aromatic rings. The van der Waals surface area contributed by atoms with Crippen LogP contribution in [0.4, 0.5) is 5.82 Å². The molecule has 0 unspecified atom stereocenters. The van der Waals surface area contributed by atoms with E-state index in [1.54, 1.807) is 4.68 Å². The van der Waals surface area contributed by atoms with Gasteiger partial charge < -0.3 is 5.32 Å². The summed E-state index contributed by atoms with van der Waals surface area (Å²) in [4.78, 5) is 12.4. The summed E-state index contributed by atoms with van der Waals surface area (Å²) in [5, 5.41) is 9.94. The highest BCUT2D eigenvalue weighted by molar-refractivity contribution is 5.95. The lowest BCUT2D eigenvalue weighted by atomic mass is 9.86. The van der Waals surface area contributed by atoms with Crippen LogP contribution in [0.3, 0.4) is 0 Å². The number of anilines is 1. The number of para-hydroxylation sites is 1. The minimum atomic E-state index is 0.0146. The molecular weight excluding hydrogens is 322 g/mol. The Morgan fingerprint density at radius 3 is 2.54 bits per heavy atom. The zero-order valence-electron chi connectivity index (χ0n) is 14.1. The van der Waals surface area contributed by atoms with Crippen LogP contribution in [-0.2, 0) is 4.79 Å². The molecular formula is C22H17N3O. The number of nitrogens with zero attached hydrogens (tertiary/aromatic N) is 2. The van der Waals surface area contributed by atoms with Crippen LogP contribution in [0.5, 0.6) is 0 Å². The molecule has 5 rings (SSSR count). The van der Waals surface area contributed by atoms with Crippen LogP contribution in [0.15, 0.2) is 79.0 Å². The van der Waals surface area contributed by atoms with E-state index in [2.05, 4.69) is 40.7 Å². The van der Waals surface area contributed by atoms with Gasteiger partial charge in [0.1, 0.15) is 5.82 Å². The average Bonchev–Trinajstić information content (AvgIpc) is 3.11. The molecule has 4 nitrogen and oxygen atoms in total. The number of nitrogens with one attached hydrogen (secondary N) is 1. The Bertz CT molecular complexity index is 1110. The second kappa shape index (κ2) is 5.85. The van der Waals surface area contributed by atoms with Crippen molar-refractivity contribution in [3.63, 3.8) is 0 Å². The van der Waals surface area contributed by atoms with Gasteiger partial charge >= 0.3 is 0 Å². The third-order valence-electron chi connectivity index (χ3n) is 5.00. The Balaban J connectivity index is 1.63. The molecule has 1 aliphatic heterocycles. The fourth-order valence-electron chi connectivity index (χ4n) is 3.71. The minimum Gasteiger partial charge on any atom is -0.310 e. The summed E-state index contributed by atoms with van der Waals surface area (Å²) in [6.07, 6.45) is 2.31. The molecule has 126 valence electrons. The Morgan fingerprint density at radius 2 is 1.69 bits per heavy atom. The quantitative estimate of drug-likeness (QED) is 0.584. The minimum absolute atomic E-state index is 0.0146. The van der Waals surface area contributed by atoms with Gasteiger partial charge in [0, 0.05) is 17.9 Å². The van der Waals surface area contributed by atoms with Crippen LogP contribution in [0.2, 0.25) is 0 Å². The fraction of sp³-hybridized carbons (Fsp3) is 0.0909. The van der Waals surface area contributed by atoms with Crippen LogP contribution in [0.25, 0.3) is 16.5 Å². The first-order valence-corrected chi connectivity index (χ1v) is 8.71. The topological polar surface area (TPSA) is 46.9 Å². The van der Waals surface area contributed by atoms with Crippen LogP contribution in [-0.4, -0.2) is 15.7 Å². The molecule has 1 aromatic heterocycles. The van der Waals surface area contributed by atoms with Crippen molar-refractivity contribution in [2.45, 2.75) is 12.3 Å². The van der Waals surface area contributed by atoms with E-state index in [0.717, 1.165) is 22.6 Å². The molecule has 0 fully saturated rings. The van der Waals surface area contributed by atoms with Crippen molar-refractivity contribution >= 4 is 22.5 Å². The summed E-state index contributed by atoms with van der Waals surface area (Å²) in [6.45, 7) is 0. The molecule has 1 amide bonds. The predicted molar refractivity (Wildman–Crippen MR) is 103 cm³/mol. The highest BCUT2D eigenvalue weighted by atomic mass is 16.1. The van der Waals surface area contributed by atoms with E-state index in [-0.39, 0.29) is 11.8 Å². The molecule has 1 atom stereocenters. The molecule has 0 spiro atoms. The van der Waals surface area contributed by atoms with Gasteiger partial charge in [-0.1, -0.05) is 60.7 Å². The maximum Gasteiger partial charge on any atom is 0.226 e. The van der Waals surface area contributed by atoms with Gasteiger partial charge in [-0.15, -0.1) is 0 Å². The highest BCUT2D eigenvalue weighted by Crippen LogP contribution is 2.38. The van der Waals surface area contributed by atoms with Gasteiger partial charge in [0.25, 0.3) is 0 Å². The summed E-state index contributed by atoms with van der Waals surface area (Å²) in [5.74, 6) is 0.805. The van der Waals surface area contributed by atoms with Crippen LogP contribution in [0, 0.1) is 0 Å². The Kier molecular flexibility index (Phi) is 3.35. The number of fused-ring (bicyclic) bond motifs is 2.